The van der Waals surface area contributed by atoms with E-state index in [2.05, 4.69) is 29.8 Å². The van der Waals surface area contributed by atoms with Gasteiger partial charge in [0.2, 0.25) is 0 Å². The van der Waals surface area contributed by atoms with Gasteiger partial charge in [-0.1, -0.05) is 0 Å². The molecule has 1 aromatic carbocycles. The first-order valence-electron chi connectivity index (χ1n) is 6.62. The van der Waals surface area contributed by atoms with Gasteiger partial charge < -0.3 is 14.2 Å². The molecule has 4 heteroatoms. The van der Waals surface area contributed by atoms with Gasteiger partial charge in [-0.15, -0.1) is 0 Å². The van der Waals surface area contributed by atoms with Crippen molar-refractivity contribution < 1.29 is 9.13 Å². The van der Waals surface area contributed by atoms with E-state index in [1.165, 1.54) is 13.5 Å². The van der Waals surface area contributed by atoms with Crippen molar-refractivity contribution in [2.45, 2.75) is 24.9 Å². The van der Waals surface area contributed by atoms with E-state index in [0.29, 0.717) is 17.8 Å². The Morgan fingerprint density at radius 1 is 1.32 bits per heavy atom. The largest absolute Gasteiger partial charge is 0.494 e. The third kappa shape index (κ3) is 1.91. The summed E-state index contributed by atoms with van der Waals surface area (Å²) in [5.74, 6) is 0.0127. The van der Waals surface area contributed by atoms with E-state index in [-0.39, 0.29) is 5.82 Å². The number of likely N-dealkylation sites (N-methyl/N-ethyl adjacent to an activating group) is 1. The molecular formula is C15H19FN2O. The molecule has 3 rings (SSSR count). The summed E-state index contributed by atoms with van der Waals surface area (Å²) >= 11 is 0. The molecule has 1 saturated carbocycles. The molecule has 0 amide bonds. The average molecular weight is 262 g/mol. The monoisotopic (exact) mass is 262 g/mol. The Morgan fingerprint density at radius 2 is 2.11 bits per heavy atom. The van der Waals surface area contributed by atoms with Crippen LogP contribution in [0.2, 0.25) is 0 Å². The summed E-state index contributed by atoms with van der Waals surface area (Å²) < 4.78 is 21.1. The zero-order valence-corrected chi connectivity index (χ0v) is 11.6. The normalized spacial score (nSPS) is 22.8. The van der Waals surface area contributed by atoms with Crippen LogP contribution in [0, 0.1) is 5.82 Å². The SMILES string of the molecule is COc1cc2ccn(C3CCC3N(C)C)c2cc1F. The van der Waals surface area contributed by atoms with Gasteiger partial charge in [0.1, 0.15) is 0 Å². The van der Waals surface area contributed by atoms with E-state index in [0.717, 1.165) is 17.3 Å². The highest BCUT2D eigenvalue weighted by Gasteiger charge is 2.34. The maximum absolute atomic E-state index is 13.9. The summed E-state index contributed by atoms with van der Waals surface area (Å²) in [4.78, 5) is 2.25. The lowest BCUT2D eigenvalue weighted by molar-refractivity contribution is 0.116. The van der Waals surface area contributed by atoms with Crippen LogP contribution >= 0.6 is 0 Å². The van der Waals surface area contributed by atoms with E-state index in [1.807, 2.05) is 6.07 Å². The van der Waals surface area contributed by atoms with Crippen LogP contribution in [-0.2, 0) is 0 Å². The lowest BCUT2D eigenvalue weighted by atomic mass is 9.85. The summed E-state index contributed by atoms with van der Waals surface area (Å²) in [7, 11) is 5.70. The first kappa shape index (κ1) is 12.5. The molecule has 0 bridgehead atoms. The molecule has 2 unspecified atom stereocenters. The van der Waals surface area contributed by atoms with Crippen molar-refractivity contribution in [3.63, 3.8) is 0 Å². The molecular weight excluding hydrogens is 243 g/mol. The van der Waals surface area contributed by atoms with Gasteiger partial charge in [-0.2, -0.15) is 0 Å². The minimum absolute atomic E-state index is 0.296. The van der Waals surface area contributed by atoms with Crippen LogP contribution in [-0.4, -0.2) is 36.7 Å². The summed E-state index contributed by atoms with van der Waals surface area (Å²) in [5.41, 5.74) is 0.954. The molecule has 0 saturated heterocycles. The number of hydrogen-bond acceptors (Lipinski definition) is 2. The van der Waals surface area contributed by atoms with Crippen LogP contribution in [0.5, 0.6) is 5.75 Å². The Kier molecular flexibility index (Phi) is 2.97. The Balaban J connectivity index is 2.03. The number of halogens is 1. The van der Waals surface area contributed by atoms with Crippen molar-refractivity contribution in [1.29, 1.82) is 0 Å². The molecule has 1 aromatic heterocycles. The molecule has 1 heterocycles. The standard InChI is InChI=1S/C15H19FN2O/c1-17(2)12-4-5-13(12)18-7-6-10-8-15(19-3)11(16)9-14(10)18/h6-9,12-13H,4-5H2,1-3H3. The molecule has 2 atom stereocenters. The molecule has 1 fully saturated rings. The van der Waals surface area contributed by atoms with E-state index in [4.69, 9.17) is 4.74 Å². The minimum atomic E-state index is -0.296. The number of rotatable bonds is 3. The van der Waals surface area contributed by atoms with Crippen LogP contribution < -0.4 is 4.74 Å². The highest BCUT2D eigenvalue weighted by atomic mass is 19.1. The first-order chi connectivity index (χ1) is 9.11. The highest BCUT2D eigenvalue weighted by Crippen LogP contribution is 2.38. The molecule has 19 heavy (non-hydrogen) atoms. The summed E-state index contributed by atoms with van der Waals surface area (Å²) in [6.45, 7) is 0. The third-order valence-electron chi connectivity index (χ3n) is 4.22. The average Bonchev–Trinajstić information content (AvgIpc) is 2.69. The molecule has 102 valence electrons. The van der Waals surface area contributed by atoms with Crippen LogP contribution in [0.25, 0.3) is 10.9 Å². The topological polar surface area (TPSA) is 17.4 Å². The Labute approximate surface area is 112 Å². The second-order valence-corrected chi connectivity index (χ2v) is 5.44. The molecule has 3 nitrogen and oxygen atoms in total. The molecule has 0 radical (unpaired) electrons. The molecule has 0 aliphatic heterocycles. The van der Waals surface area contributed by atoms with Gasteiger partial charge in [-0.05, 0) is 39.1 Å². The van der Waals surface area contributed by atoms with E-state index in [9.17, 15) is 4.39 Å². The number of aromatic nitrogens is 1. The predicted octanol–water partition coefficient (Wildman–Crippen LogP) is 3.05. The lowest BCUT2D eigenvalue weighted by Gasteiger charge is -2.42. The van der Waals surface area contributed by atoms with E-state index in [1.54, 1.807) is 12.1 Å². The fourth-order valence-corrected chi connectivity index (χ4v) is 2.99. The van der Waals surface area contributed by atoms with Gasteiger partial charge in [0.15, 0.2) is 11.6 Å². The van der Waals surface area contributed by atoms with Crippen molar-refractivity contribution in [2.24, 2.45) is 0 Å². The van der Waals surface area contributed by atoms with Gasteiger partial charge in [0.05, 0.1) is 12.6 Å². The second-order valence-electron chi connectivity index (χ2n) is 5.44. The number of fused-ring (bicyclic) bond motifs is 1. The molecule has 1 aliphatic carbocycles. The van der Waals surface area contributed by atoms with Gasteiger partial charge >= 0.3 is 0 Å². The van der Waals surface area contributed by atoms with Crippen molar-refractivity contribution in [3.05, 3.63) is 30.2 Å². The Bertz CT molecular complexity index is 605. The van der Waals surface area contributed by atoms with Crippen LogP contribution in [0.1, 0.15) is 18.9 Å². The third-order valence-corrected chi connectivity index (χ3v) is 4.22. The van der Waals surface area contributed by atoms with E-state index < -0.39 is 0 Å². The van der Waals surface area contributed by atoms with Crippen molar-refractivity contribution >= 4 is 10.9 Å². The fourth-order valence-electron chi connectivity index (χ4n) is 2.99. The number of methoxy groups -OCH3 is 1. The van der Waals surface area contributed by atoms with Gasteiger partial charge in [0.25, 0.3) is 0 Å². The van der Waals surface area contributed by atoms with Crippen molar-refractivity contribution in [2.75, 3.05) is 21.2 Å². The predicted molar refractivity (Wildman–Crippen MR) is 74.2 cm³/mol. The molecule has 1 aliphatic rings. The van der Waals surface area contributed by atoms with Gasteiger partial charge in [0, 0.05) is 29.7 Å². The quantitative estimate of drug-likeness (QED) is 0.846. The molecule has 0 spiro atoms. The van der Waals surface area contributed by atoms with Gasteiger partial charge in [-0.3, -0.25) is 0 Å². The van der Waals surface area contributed by atoms with Crippen LogP contribution in [0.3, 0.4) is 0 Å². The summed E-state index contributed by atoms with van der Waals surface area (Å²) in [6, 6.07) is 6.37. The number of nitrogens with zero attached hydrogens (tertiary/aromatic N) is 2. The number of benzene rings is 1. The number of ether oxygens (including phenoxy) is 1. The zero-order valence-electron chi connectivity index (χ0n) is 11.6. The molecule has 0 N–H and O–H groups in total. The first-order valence-corrected chi connectivity index (χ1v) is 6.62. The Morgan fingerprint density at radius 3 is 2.68 bits per heavy atom. The smallest absolute Gasteiger partial charge is 0.167 e. The minimum Gasteiger partial charge on any atom is -0.494 e. The zero-order chi connectivity index (χ0) is 13.6. The second kappa shape index (κ2) is 4.53. The fraction of sp³-hybridized carbons (Fsp3) is 0.467. The maximum Gasteiger partial charge on any atom is 0.167 e. The van der Waals surface area contributed by atoms with Crippen LogP contribution in [0.4, 0.5) is 4.39 Å². The lowest BCUT2D eigenvalue weighted by Crippen LogP contribution is -2.43. The highest BCUT2D eigenvalue weighted by molar-refractivity contribution is 5.82. The van der Waals surface area contributed by atoms with Crippen molar-refractivity contribution in [3.8, 4) is 5.75 Å². The molecule has 2 aromatic rings. The van der Waals surface area contributed by atoms with Gasteiger partial charge in [-0.25, -0.2) is 4.39 Å². The maximum atomic E-state index is 13.9. The van der Waals surface area contributed by atoms with Crippen LogP contribution in [0.15, 0.2) is 24.4 Å². The number of hydrogen-bond donors (Lipinski definition) is 0. The summed E-state index contributed by atoms with van der Waals surface area (Å²) in [6.07, 6.45) is 4.42. The Hall–Kier alpha value is -1.55. The van der Waals surface area contributed by atoms with E-state index >= 15 is 0 Å². The van der Waals surface area contributed by atoms with Crippen molar-refractivity contribution in [1.82, 2.24) is 9.47 Å². The summed E-state index contributed by atoms with van der Waals surface area (Å²) in [5, 5.41) is 1.03.